The highest BCUT2D eigenvalue weighted by Gasteiger charge is 2.21. The van der Waals surface area contributed by atoms with Crippen molar-refractivity contribution >= 4 is 28.6 Å². The van der Waals surface area contributed by atoms with Crippen LogP contribution in [0.15, 0.2) is 11.4 Å². The Morgan fingerprint density at radius 3 is 2.83 bits per heavy atom. The fourth-order valence-corrected chi connectivity index (χ4v) is 2.95. The summed E-state index contributed by atoms with van der Waals surface area (Å²) in [4.78, 5) is 11.1. The van der Waals surface area contributed by atoms with Crippen molar-refractivity contribution < 1.29 is 0 Å². The molecule has 18 heavy (non-hydrogen) atoms. The zero-order valence-corrected chi connectivity index (χ0v) is 11.5. The molecule has 0 bridgehead atoms. The highest BCUT2D eigenvalue weighted by Crippen LogP contribution is 2.31. The third-order valence-electron chi connectivity index (χ3n) is 3.58. The molecule has 0 aliphatic carbocycles. The molecule has 0 unspecified atom stereocenters. The number of thioether (sulfide) groups is 1. The Bertz CT molecular complexity index is 544. The minimum atomic E-state index is 0.822. The molecule has 2 aromatic heterocycles. The number of fused-ring (bicyclic) bond motifs is 1. The summed E-state index contributed by atoms with van der Waals surface area (Å²) in [5, 5.41) is 9.33. The second kappa shape index (κ2) is 4.76. The lowest BCUT2D eigenvalue weighted by Gasteiger charge is -2.31. The standard InChI is InChI=1S/C12H17N5S/c1-8-3-5-17(6-4-8)11-9-10(13-7-14-11)15-16-12(9)18-2/h7-8H,3-6H2,1-2H3,(H,13,14,15,16). The molecule has 1 aliphatic rings. The predicted octanol–water partition coefficient (Wildman–Crippen LogP) is 2.31. The van der Waals surface area contributed by atoms with Gasteiger partial charge in [0.25, 0.3) is 0 Å². The normalized spacial score (nSPS) is 17.6. The first-order valence-corrected chi connectivity index (χ1v) is 7.50. The second-order valence-corrected chi connectivity index (χ2v) is 5.62. The zero-order chi connectivity index (χ0) is 12.5. The lowest BCUT2D eigenvalue weighted by Crippen LogP contribution is -2.33. The number of aromatic nitrogens is 4. The van der Waals surface area contributed by atoms with E-state index in [1.54, 1.807) is 18.1 Å². The van der Waals surface area contributed by atoms with E-state index in [-0.39, 0.29) is 0 Å². The fraction of sp³-hybridized carbons (Fsp3) is 0.583. The Morgan fingerprint density at radius 2 is 2.11 bits per heavy atom. The SMILES string of the molecule is CSc1n[nH]c2ncnc(N3CCC(C)CC3)c12. The van der Waals surface area contributed by atoms with E-state index < -0.39 is 0 Å². The van der Waals surface area contributed by atoms with Crippen molar-refractivity contribution in [2.75, 3.05) is 24.2 Å². The third kappa shape index (κ3) is 1.94. The van der Waals surface area contributed by atoms with Gasteiger partial charge in [-0.1, -0.05) is 6.92 Å². The number of nitrogens with one attached hydrogen (secondary N) is 1. The molecular formula is C12H17N5S. The molecule has 0 spiro atoms. The quantitative estimate of drug-likeness (QED) is 0.843. The lowest BCUT2D eigenvalue weighted by molar-refractivity contribution is 0.437. The van der Waals surface area contributed by atoms with Gasteiger partial charge in [0, 0.05) is 13.1 Å². The van der Waals surface area contributed by atoms with Crippen molar-refractivity contribution in [3.63, 3.8) is 0 Å². The molecule has 0 radical (unpaired) electrons. The monoisotopic (exact) mass is 263 g/mol. The molecule has 1 aliphatic heterocycles. The Balaban J connectivity index is 2.02. The average molecular weight is 263 g/mol. The van der Waals surface area contributed by atoms with Crippen LogP contribution in [0.1, 0.15) is 19.8 Å². The van der Waals surface area contributed by atoms with E-state index in [0.717, 1.165) is 40.9 Å². The molecule has 0 aromatic carbocycles. The van der Waals surface area contributed by atoms with E-state index in [1.165, 1.54) is 12.8 Å². The first-order valence-electron chi connectivity index (χ1n) is 6.27. The van der Waals surface area contributed by atoms with Gasteiger partial charge in [0.05, 0.1) is 5.39 Å². The molecule has 0 saturated carbocycles. The maximum atomic E-state index is 4.48. The number of piperidine rings is 1. The maximum absolute atomic E-state index is 4.48. The van der Waals surface area contributed by atoms with Gasteiger partial charge in [-0.2, -0.15) is 5.10 Å². The smallest absolute Gasteiger partial charge is 0.161 e. The minimum absolute atomic E-state index is 0.822. The van der Waals surface area contributed by atoms with Gasteiger partial charge in [0.15, 0.2) is 5.65 Å². The van der Waals surface area contributed by atoms with E-state index in [4.69, 9.17) is 0 Å². The largest absolute Gasteiger partial charge is 0.356 e. The van der Waals surface area contributed by atoms with E-state index >= 15 is 0 Å². The van der Waals surface area contributed by atoms with Crippen LogP contribution in [0, 0.1) is 5.92 Å². The predicted molar refractivity (Wildman–Crippen MR) is 74.1 cm³/mol. The molecule has 0 atom stereocenters. The summed E-state index contributed by atoms with van der Waals surface area (Å²) >= 11 is 1.63. The van der Waals surface area contributed by atoms with Gasteiger partial charge < -0.3 is 4.90 Å². The highest BCUT2D eigenvalue weighted by atomic mass is 32.2. The number of aromatic amines is 1. The lowest BCUT2D eigenvalue weighted by atomic mass is 9.99. The molecule has 6 heteroatoms. The van der Waals surface area contributed by atoms with Crippen LogP contribution in [-0.4, -0.2) is 39.5 Å². The summed E-state index contributed by atoms with van der Waals surface area (Å²) in [6.45, 7) is 4.47. The van der Waals surface area contributed by atoms with Crippen molar-refractivity contribution in [2.45, 2.75) is 24.8 Å². The van der Waals surface area contributed by atoms with Crippen molar-refractivity contribution in [3.8, 4) is 0 Å². The molecule has 5 nitrogen and oxygen atoms in total. The van der Waals surface area contributed by atoms with Crippen LogP contribution in [0.25, 0.3) is 11.0 Å². The van der Waals surface area contributed by atoms with Crippen molar-refractivity contribution in [1.29, 1.82) is 0 Å². The molecule has 3 rings (SSSR count). The summed E-state index contributed by atoms with van der Waals surface area (Å²) < 4.78 is 0. The molecule has 1 fully saturated rings. The first-order chi connectivity index (χ1) is 8.79. The summed E-state index contributed by atoms with van der Waals surface area (Å²) in [5.41, 5.74) is 0.836. The highest BCUT2D eigenvalue weighted by molar-refractivity contribution is 7.98. The molecule has 3 heterocycles. The maximum Gasteiger partial charge on any atom is 0.161 e. The second-order valence-electron chi connectivity index (χ2n) is 4.82. The number of anilines is 1. The van der Waals surface area contributed by atoms with E-state index in [9.17, 15) is 0 Å². The Kier molecular flexibility index (Phi) is 3.11. The van der Waals surface area contributed by atoms with Gasteiger partial charge >= 0.3 is 0 Å². The molecule has 1 saturated heterocycles. The van der Waals surface area contributed by atoms with Crippen molar-refractivity contribution in [2.24, 2.45) is 5.92 Å². The summed E-state index contributed by atoms with van der Waals surface area (Å²) in [7, 11) is 0. The topological polar surface area (TPSA) is 57.7 Å². The third-order valence-corrected chi connectivity index (χ3v) is 4.26. The Labute approximate surface area is 110 Å². The van der Waals surface area contributed by atoms with Crippen LogP contribution in [0.4, 0.5) is 5.82 Å². The van der Waals surface area contributed by atoms with E-state index in [2.05, 4.69) is 32.0 Å². The van der Waals surface area contributed by atoms with Crippen LogP contribution in [0.5, 0.6) is 0 Å². The van der Waals surface area contributed by atoms with Gasteiger partial charge in [-0.3, -0.25) is 5.10 Å². The summed E-state index contributed by atoms with van der Waals surface area (Å²) in [5.74, 6) is 1.85. The van der Waals surface area contributed by atoms with Gasteiger partial charge in [-0.25, -0.2) is 9.97 Å². The zero-order valence-electron chi connectivity index (χ0n) is 10.7. The molecule has 1 N–H and O–H groups in total. The Morgan fingerprint density at radius 1 is 1.33 bits per heavy atom. The fourth-order valence-electron chi connectivity index (χ4n) is 2.43. The van der Waals surface area contributed by atoms with E-state index in [0.29, 0.717) is 0 Å². The molecule has 0 amide bonds. The number of hydrogen-bond acceptors (Lipinski definition) is 5. The van der Waals surface area contributed by atoms with Gasteiger partial charge in [-0.05, 0) is 25.0 Å². The molecular weight excluding hydrogens is 246 g/mol. The number of H-pyrrole nitrogens is 1. The van der Waals surface area contributed by atoms with Gasteiger partial charge in [0.1, 0.15) is 17.2 Å². The van der Waals surface area contributed by atoms with E-state index in [1.807, 2.05) is 6.26 Å². The van der Waals surface area contributed by atoms with Crippen molar-refractivity contribution in [1.82, 2.24) is 20.2 Å². The van der Waals surface area contributed by atoms with Crippen LogP contribution >= 0.6 is 11.8 Å². The van der Waals surface area contributed by atoms with Crippen LogP contribution in [0.2, 0.25) is 0 Å². The van der Waals surface area contributed by atoms with Gasteiger partial charge in [-0.15, -0.1) is 11.8 Å². The first kappa shape index (κ1) is 11.8. The number of hydrogen-bond donors (Lipinski definition) is 1. The van der Waals surface area contributed by atoms with Crippen LogP contribution in [0.3, 0.4) is 0 Å². The van der Waals surface area contributed by atoms with Crippen molar-refractivity contribution in [3.05, 3.63) is 6.33 Å². The number of rotatable bonds is 2. The molecule has 2 aromatic rings. The average Bonchev–Trinajstić information content (AvgIpc) is 2.82. The summed E-state index contributed by atoms with van der Waals surface area (Å²) in [6.07, 6.45) is 6.12. The van der Waals surface area contributed by atoms with Crippen LogP contribution in [-0.2, 0) is 0 Å². The summed E-state index contributed by atoms with van der Waals surface area (Å²) in [6, 6.07) is 0. The molecule has 96 valence electrons. The van der Waals surface area contributed by atoms with Crippen LogP contribution < -0.4 is 4.90 Å². The minimum Gasteiger partial charge on any atom is -0.356 e. The Hall–Kier alpha value is -1.30. The number of nitrogens with zero attached hydrogens (tertiary/aromatic N) is 4. The van der Waals surface area contributed by atoms with Gasteiger partial charge in [0.2, 0.25) is 0 Å².